The van der Waals surface area contributed by atoms with Gasteiger partial charge in [-0.05, 0) is 13.3 Å². The Hall–Kier alpha value is -1.47. The number of aromatic nitrogens is 3. The molecule has 18 heavy (non-hydrogen) atoms. The molecule has 0 bridgehead atoms. The zero-order valence-corrected chi connectivity index (χ0v) is 11.1. The van der Waals surface area contributed by atoms with Crippen molar-refractivity contribution in [3.63, 3.8) is 0 Å². The Labute approximate surface area is 106 Å². The molecule has 0 radical (unpaired) electrons. The lowest BCUT2D eigenvalue weighted by molar-refractivity contribution is 0.0669. The van der Waals surface area contributed by atoms with E-state index in [1.165, 1.54) is 7.11 Å². The van der Waals surface area contributed by atoms with Crippen LogP contribution in [0.5, 0.6) is 0 Å². The van der Waals surface area contributed by atoms with Crippen LogP contribution in [0.4, 0.5) is 0 Å². The predicted octanol–water partition coefficient (Wildman–Crippen LogP) is 1.28. The third-order valence-electron chi connectivity index (χ3n) is 2.85. The molecule has 1 rings (SSSR count). The Bertz CT molecular complexity index is 405. The normalized spacial score (nSPS) is 14.4. The Balaban J connectivity index is 3.22. The molecule has 2 unspecified atom stereocenters. The molecular formula is C11H19N3O4. The van der Waals surface area contributed by atoms with E-state index in [-0.39, 0.29) is 11.7 Å². The zero-order valence-electron chi connectivity index (χ0n) is 11.1. The van der Waals surface area contributed by atoms with Gasteiger partial charge in [0.1, 0.15) is 5.69 Å². The van der Waals surface area contributed by atoms with E-state index in [1.54, 1.807) is 18.7 Å². The summed E-state index contributed by atoms with van der Waals surface area (Å²) in [6.07, 6.45) is 0.372. The molecule has 0 aromatic carbocycles. The molecule has 102 valence electrons. The highest BCUT2D eigenvalue weighted by Gasteiger charge is 2.26. The molecule has 1 aromatic rings. The van der Waals surface area contributed by atoms with Gasteiger partial charge >= 0.3 is 5.97 Å². The Morgan fingerprint density at radius 2 is 2.17 bits per heavy atom. The van der Waals surface area contributed by atoms with Crippen molar-refractivity contribution in [3.05, 3.63) is 11.4 Å². The van der Waals surface area contributed by atoms with Crippen molar-refractivity contribution in [2.75, 3.05) is 20.8 Å². The maximum Gasteiger partial charge on any atom is 0.358 e. The minimum absolute atomic E-state index is 0.0526. The van der Waals surface area contributed by atoms with Crippen LogP contribution in [0.2, 0.25) is 0 Å². The highest BCUT2D eigenvalue weighted by molar-refractivity contribution is 5.86. The van der Waals surface area contributed by atoms with Gasteiger partial charge in [0.25, 0.3) is 0 Å². The fourth-order valence-corrected chi connectivity index (χ4v) is 1.77. The van der Waals surface area contributed by atoms with Crippen LogP contribution >= 0.6 is 0 Å². The first kappa shape index (κ1) is 14.6. The van der Waals surface area contributed by atoms with Crippen LogP contribution in [-0.2, 0) is 9.47 Å². The molecular weight excluding hydrogens is 238 g/mol. The Kier molecular flexibility index (Phi) is 5.24. The summed E-state index contributed by atoms with van der Waals surface area (Å²) < 4.78 is 11.9. The highest BCUT2D eigenvalue weighted by Crippen LogP contribution is 2.23. The molecule has 0 saturated heterocycles. The van der Waals surface area contributed by atoms with Gasteiger partial charge in [0, 0.05) is 14.2 Å². The Morgan fingerprint density at radius 1 is 1.50 bits per heavy atom. The molecule has 7 nitrogen and oxygen atoms in total. The molecule has 0 fully saturated rings. The van der Waals surface area contributed by atoms with Gasteiger partial charge in [-0.2, -0.15) is 0 Å². The van der Waals surface area contributed by atoms with Gasteiger partial charge in [-0.3, -0.25) is 0 Å². The van der Waals surface area contributed by atoms with Crippen LogP contribution in [0, 0.1) is 0 Å². The van der Waals surface area contributed by atoms with Crippen molar-refractivity contribution in [3.8, 4) is 0 Å². The molecule has 1 N–H and O–H groups in total. The maximum atomic E-state index is 11.1. The van der Waals surface area contributed by atoms with Gasteiger partial charge in [-0.15, -0.1) is 5.10 Å². The van der Waals surface area contributed by atoms with Gasteiger partial charge in [0.2, 0.25) is 0 Å². The van der Waals surface area contributed by atoms with Crippen molar-refractivity contribution < 1.29 is 19.4 Å². The van der Waals surface area contributed by atoms with Crippen molar-refractivity contribution in [1.29, 1.82) is 0 Å². The van der Waals surface area contributed by atoms with Gasteiger partial charge in [0.15, 0.2) is 5.69 Å². The van der Waals surface area contributed by atoms with E-state index in [4.69, 9.17) is 14.6 Å². The van der Waals surface area contributed by atoms with Gasteiger partial charge in [-0.1, -0.05) is 12.1 Å². The van der Waals surface area contributed by atoms with Gasteiger partial charge in [-0.25, -0.2) is 9.48 Å². The number of methoxy groups -OCH3 is 2. The number of ether oxygens (including phenoxy) is 2. The first-order valence-corrected chi connectivity index (χ1v) is 5.76. The summed E-state index contributed by atoms with van der Waals surface area (Å²) in [6.45, 7) is 4.19. The SMILES string of the molecule is CCC(COC)n1nnc(C(=O)O)c1C(C)OC. The van der Waals surface area contributed by atoms with Gasteiger partial charge < -0.3 is 14.6 Å². The van der Waals surface area contributed by atoms with E-state index in [2.05, 4.69) is 10.3 Å². The van der Waals surface area contributed by atoms with E-state index in [0.29, 0.717) is 12.3 Å². The van der Waals surface area contributed by atoms with Crippen LogP contribution in [0.25, 0.3) is 0 Å². The third-order valence-corrected chi connectivity index (χ3v) is 2.85. The zero-order chi connectivity index (χ0) is 13.7. The first-order chi connectivity index (χ1) is 8.56. The van der Waals surface area contributed by atoms with E-state index >= 15 is 0 Å². The van der Waals surface area contributed by atoms with Crippen LogP contribution in [0.3, 0.4) is 0 Å². The molecule has 1 aromatic heterocycles. The molecule has 0 aliphatic rings. The second kappa shape index (κ2) is 6.46. The van der Waals surface area contributed by atoms with Crippen LogP contribution < -0.4 is 0 Å². The van der Waals surface area contributed by atoms with Crippen molar-refractivity contribution in [2.24, 2.45) is 0 Å². The summed E-state index contributed by atoms with van der Waals surface area (Å²) in [4.78, 5) is 11.1. The minimum Gasteiger partial charge on any atom is -0.476 e. The largest absolute Gasteiger partial charge is 0.476 e. The molecule has 0 spiro atoms. The minimum atomic E-state index is -1.10. The van der Waals surface area contributed by atoms with Gasteiger partial charge in [0.05, 0.1) is 18.8 Å². The quantitative estimate of drug-likeness (QED) is 0.791. The predicted molar refractivity (Wildman–Crippen MR) is 63.6 cm³/mol. The first-order valence-electron chi connectivity index (χ1n) is 5.76. The van der Waals surface area contributed by atoms with E-state index in [1.807, 2.05) is 6.92 Å². The molecule has 0 amide bonds. The smallest absolute Gasteiger partial charge is 0.358 e. The second-order valence-corrected chi connectivity index (χ2v) is 3.97. The number of carboxylic acids is 1. The number of rotatable bonds is 7. The summed E-state index contributed by atoms with van der Waals surface area (Å²) >= 11 is 0. The lowest BCUT2D eigenvalue weighted by Crippen LogP contribution is -2.20. The molecule has 7 heteroatoms. The highest BCUT2D eigenvalue weighted by atomic mass is 16.5. The van der Waals surface area contributed by atoms with E-state index in [9.17, 15) is 4.79 Å². The number of aromatic carboxylic acids is 1. The third kappa shape index (κ3) is 2.85. The lowest BCUT2D eigenvalue weighted by atomic mass is 10.1. The maximum absolute atomic E-state index is 11.1. The van der Waals surface area contributed by atoms with Crippen molar-refractivity contribution >= 4 is 5.97 Å². The number of hydrogen-bond acceptors (Lipinski definition) is 5. The summed E-state index contributed by atoms with van der Waals surface area (Å²) in [7, 11) is 3.11. The van der Waals surface area contributed by atoms with Crippen molar-refractivity contribution in [2.45, 2.75) is 32.4 Å². The standard InChI is InChI=1S/C11H19N3O4/c1-5-8(6-17-3)14-10(7(2)18-4)9(11(15)16)12-13-14/h7-8H,5-6H2,1-4H3,(H,15,16). The average molecular weight is 257 g/mol. The summed E-state index contributed by atoms with van der Waals surface area (Å²) in [5, 5.41) is 16.7. The molecule has 1 heterocycles. The van der Waals surface area contributed by atoms with Crippen LogP contribution in [0.15, 0.2) is 0 Å². The molecule has 0 aliphatic carbocycles. The summed E-state index contributed by atoms with van der Waals surface area (Å²) in [5.74, 6) is -1.10. The van der Waals surface area contributed by atoms with Crippen LogP contribution in [-0.4, -0.2) is 46.9 Å². The Morgan fingerprint density at radius 3 is 2.61 bits per heavy atom. The monoisotopic (exact) mass is 257 g/mol. The van der Waals surface area contributed by atoms with E-state index < -0.39 is 12.1 Å². The van der Waals surface area contributed by atoms with E-state index in [0.717, 1.165) is 6.42 Å². The average Bonchev–Trinajstić information content (AvgIpc) is 2.79. The lowest BCUT2D eigenvalue weighted by Gasteiger charge is -2.19. The number of hydrogen-bond donors (Lipinski definition) is 1. The summed E-state index contributed by atoms with van der Waals surface area (Å²) in [5.41, 5.74) is 0.396. The number of nitrogens with zero attached hydrogens (tertiary/aromatic N) is 3. The number of carboxylic acid groups (broad SMARTS) is 1. The molecule has 0 saturated carbocycles. The van der Waals surface area contributed by atoms with Crippen LogP contribution in [0.1, 0.15) is 48.6 Å². The molecule has 2 atom stereocenters. The fourth-order valence-electron chi connectivity index (χ4n) is 1.77. The topological polar surface area (TPSA) is 86.5 Å². The fraction of sp³-hybridized carbons (Fsp3) is 0.727. The summed E-state index contributed by atoms with van der Waals surface area (Å²) in [6, 6.07) is -0.0526. The second-order valence-electron chi connectivity index (χ2n) is 3.97. The van der Waals surface area contributed by atoms with Crippen molar-refractivity contribution in [1.82, 2.24) is 15.0 Å². The molecule has 0 aliphatic heterocycles. The number of carbonyl (C=O) groups is 1.